The van der Waals surface area contributed by atoms with Gasteiger partial charge < -0.3 is 10.1 Å². The Morgan fingerprint density at radius 1 is 1.06 bits per heavy atom. The molecule has 0 amide bonds. The van der Waals surface area contributed by atoms with E-state index in [0.717, 1.165) is 12.8 Å². The van der Waals surface area contributed by atoms with Gasteiger partial charge in [0.15, 0.2) is 0 Å². The minimum Gasteiger partial charge on any atom is -0.371 e. The van der Waals surface area contributed by atoms with Gasteiger partial charge in [0.1, 0.15) is 6.61 Å². The predicted octanol–water partition coefficient (Wildman–Crippen LogP) is 3.37. The topological polar surface area (TPSA) is 21.3 Å². The summed E-state index contributed by atoms with van der Waals surface area (Å²) in [6.45, 7) is 7.88. The fraction of sp³-hybridized carbons (Fsp3) is 1.00. The van der Waals surface area contributed by atoms with Crippen LogP contribution in [0.25, 0.3) is 0 Å². The van der Waals surface area contributed by atoms with E-state index < -0.39 is 12.8 Å². The number of alkyl halides is 3. The smallest absolute Gasteiger partial charge is 0.371 e. The molecular formula is C13H24F3NO. The van der Waals surface area contributed by atoms with E-state index in [2.05, 4.69) is 26.1 Å². The molecule has 5 heteroatoms. The van der Waals surface area contributed by atoms with Crippen LogP contribution in [-0.2, 0) is 4.74 Å². The summed E-state index contributed by atoms with van der Waals surface area (Å²) >= 11 is 0. The van der Waals surface area contributed by atoms with Crippen LogP contribution in [0.2, 0.25) is 0 Å². The lowest BCUT2D eigenvalue weighted by Crippen LogP contribution is -2.46. The van der Waals surface area contributed by atoms with Crippen LogP contribution in [0.1, 0.15) is 40.5 Å². The van der Waals surface area contributed by atoms with Crippen molar-refractivity contribution in [1.29, 1.82) is 0 Å². The summed E-state index contributed by atoms with van der Waals surface area (Å²) in [4.78, 5) is 0. The molecule has 108 valence electrons. The monoisotopic (exact) mass is 267 g/mol. The number of halogens is 3. The number of hydrogen-bond acceptors (Lipinski definition) is 2. The van der Waals surface area contributed by atoms with Crippen molar-refractivity contribution in [1.82, 2.24) is 5.32 Å². The highest BCUT2D eigenvalue weighted by Crippen LogP contribution is 2.45. The van der Waals surface area contributed by atoms with Crippen molar-refractivity contribution in [3.8, 4) is 0 Å². The molecule has 0 radical (unpaired) electrons. The summed E-state index contributed by atoms with van der Waals surface area (Å²) in [5.41, 5.74) is -0.224. The molecule has 1 fully saturated rings. The SMILES string of the molecule is CC(C)(C)NCC(C)(COCC(F)(F)F)C1CC1. The second-order valence-corrected chi connectivity index (χ2v) is 6.64. The summed E-state index contributed by atoms with van der Waals surface area (Å²) in [6, 6.07) is 0. The zero-order chi connectivity index (χ0) is 14.0. The Morgan fingerprint density at radius 2 is 1.61 bits per heavy atom. The first-order valence-electron chi connectivity index (χ1n) is 6.41. The largest absolute Gasteiger partial charge is 0.411 e. The van der Waals surface area contributed by atoms with Crippen molar-refractivity contribution < 1.29 is 17.9 Å². The van der Waals surface area contributed by atoms with Crippen molar-refractivity contribution in [3.05, 3.63) is 0 Å². The van der Waals surface area contributed by atoms with Gasteiger partial charge in [0.25, 0.3) is 0 Å². The lowest BCUT2D eigenvalue weighted by Gasteiger charge is -2.34. The van der Waals surface area contributed by atoms with Gasteiger partial charge in [-0.05, 0) is 39.5 Å². The average molecular weight is 267 g/mol. The lowest BCUT2D eigenvalue weighted by atomic mass is 9.85. The molecule has 0 aromatic heterocycles. The van der Waals surface area contributed by atoms with Crippen LogP contribution in [0.15, 0.2) is 0 Å². The van der Waals surface area contributed by atoms with Gasteiger partial charge in [0.05, 0.1) is 6.61 Å². The van der Waals surface area contributed by atoms with Crippen molar-refractivity contribution in [2.24, 2.45) is 11.3 Å². The van der Waals surface area contributed by atoms with E-state index in [9.17, 15) is 13.2 Å². The van der Waals surface area contributed by atoms with Crippen molar-refractivity contribution in [2.75, 3.05) is 19.8 Å². The first kappa shape index (κ1) is 15.8. The Labute approximate surface area is 107 Å². The van der Waals surface area contributed by atoms with E-state index in [1.807, 2.05) is 6.92 Å². The van der Waals surface area contributed by atoms with E-state index in [0.29, 0.717) is 12.5 Å². The molecule has 18 heavy (non-hydrogen) atoms. The van der Waals surface area contributed by atoms with E-state index in [1.165, 1.54) is 0 Å². The second-order valence-electron chi connectivity index (χ2n) is 6.64. The van der Waals surface area contributed by atoms with Crippen molar-refractivity contribution in [3.63, 3.8) is 0 Å². The van der Waals surface area contributed by atoms with Crippen LogP contribution >= 0.6 is 0 Å². The van der Waals surface area contributed by atoms with Gasteiger partial charge in [-0.2, -0.15) is 13.2 Å². The molecule has 0 aromatic rings. The molecule has 0 saturated heterocycles. The molecule has 1 aliphatic carbocycles. The Balaban J connectivity index is 2.43. The zero-order valence-electron chi connectivity index (χ0n) is 11.7. The van der Waals surface area contributed by atoms with Crippen LogP contribution in [0, 0.1) is 11.3 Å². The minimum absolute atomic E-state index is 0.0276. The highest BCUT2D eigenvalue weighted by Gasteiger charge is 2.42. The highest BCUT2D eigenvalue weighted by molar-refractivity contribution is 4.94. The van der Waals surface area contributed by atoms with E-state index in [1.54, 1.807) is 0 Å². The Bertz CT molecular complexity index is 268. The van der Waals surface area contributed by atoms with Crippen LogP contribution in [0.3, 0.4) is 0 Å². The second kappa shape index (κ2) is 5.37. The summed E-state index contributed by atoms with van der Waals surface area (Å²) in [6.07, 6.45) is -2.04. The molecule has 0 aliphatic heterocycles. The van der Waals surface area contributed by atoms with E-state index in [-0.39, 0.29) is 17.6 Å². The molecular weight excluding hydrogens is 243 g/mol. The van der Waals surface area contributed by atoms with Crippen LogP contribution in [0.5, 0.6) is 0 Å². The fourth-order valence-electron chi connectivity index (χ4n) is 1.96. The molecule has 1 unspecified atom stereocenters. The van der Waals surface area contributed by atoms with Gasteiger partial charge in [0.2, 0.25) is 0 Å². The molecule has 0 heterocycles. The predicted molar refractivity (Wildman–Crippen MR) is 65.5 cm³/mol. The molecule has 1 atom stereocenters. The van der Waals surface area contributed by atoms with Gasteiger partial charge >= 0.3 is 6.18 Å². The first-order chi connectivity index (χ1) is 8.02. The maximum atomic E-state index is 12.1. The van der Waals surface area contributed by atoms with Gasteiger partial charge in [-0.3, -0.25) is 0 Å². The number of nitrogens with one attached hydrogen (secondary N) is 1. The first-order valence-corrected chi connectivity index (χ1v) is 6.41. The number of rotatable bonds is 6. The minimum atomic E-state index is -4.23. The molecule has 1 saturated carbocycles. The summed E-state index contributed by atoms with van der Waals surface area (Å²) in [5, 5.41) is 3.37. The van der Waals surface area contributed by atoms with Crippen LogP contribution in [0.4, 0.5) is 13.2 Å². The Morgan fingerprint density at radius 3 is 2.00 bits per heavy atom. The van der Waals surface area contributed by atoms with Crippen molar-refractivity contribution >= 4 is 0 Å². The van der Waals surface area contributed by atoms with E-state index in [4.69, 9.17) is 4.74 Å². The molecule has 1 N–H and O–H groups in total. The highest BCUT2D eigenvalue weighted by atomic mass is 19.4. The van der Waals surface area contributed by atoms with Crippen LogP contribution in [-0.4, -0.2) is 31.5 Å². The van der Waals surface area contributed by atoms with Gasteiger partial charge in [-0.1, -0.05) is 6.92 Å². The molecule has 2 nitrogen and oxygen atoms in total. The molecule has 0 spiro atoms. The number of hydrogen-bond donors (Lipinski definition) is 1. The summed E-state index contributed by atoms with van der Waals surface area (Å²) in [7, 11) is 0. The van der Waals surface area contributed by atoms with Crippen LogP contribution < -0.4 is 5.32 Å². The molecule has 0 bridgehead atoms. The third-order valence-electron chi connectivity index (χ3n) is 3.28. The molecule has 1 aliphatic rings. The fourth-order valence-corrected chi connectivity index (χ4v) is 1.96. The Hall–Kier alpha value is -0.290. The third kappa shape index (κ3) is 6.05. The maximum absolute atomic E-state index is 12.1. The van der Waals surface area contributed by atoms with Gasteiger partial charge in [-0.15, -0.1) is 0 Å². The molecule has 0 aromatic carbocycles. The summed E-state index contributed by atoms with van der Waals surface area (Å²) < 4.78 is 41.1. The molecule has 1 rings (SSSR count). The Kier molecular flexibility index (Phi) is 4.70. The van der Waals surface area contributed by atoms with Crippen molar-refractivity contribution in [2.45, 2.75) is 52.3 Å². The number of ether oxygens (including phenoxy) is 1. The normalized spacial score (nSPS) is 20.8. The standard InChI is InChI=1S/C13H24F3NO/c1-11(2,3)17-7-12(4,10-5-6-10)8-18-9-13(14,15)16/h10,17H,5-9H2,1-4H3. The maximum Gasteiger partial charge on any atom is 0.411 e. The average Bonchev–Trinajstić information content (AvgIpc) is 2.94. The van der Waals surface area contributed by atoms with Gasteiger partial charge in [-0.25, -0.2) is 0 Å². The zero-order valence-corrected chi connectivity index (χ0v) is 11.7. The summed E-state index contributed by atoms with van der Waals surface area (Å²) in [5.74, 6) is 0.487. The van der Waals surface area contributed by atoms with Gasteiger partial charge in [0, 0.05) is 17.5 Å². The van der Waals surface area contributed by atoms with E-state index >= 15 is 0 Å². The lowest BCUT2D eigenvalue weighted by molar-refractivity contribution is -0.181. The third-order valence-corrected chi connectivity index (χ3v) is 3.28. The quantitative estimate of drug-likeness (QED) is 0.796.